The van der Waals surface area contributed by atoms with Gasteiger partial charge in [-0.2, -0.15) is 0 Å². The SMILES string of the molecule is C/C=C\N(/C=C(/C)CC)CC(c1ccccc1)(C1CCCC1)[C@@H](CCC)CCCCCC. The van der Waals surface area contributed by atoms with E-state index in [1.165, 1.54) is 76.2 Å². The van der Waals surface area contributed by atoms with Gasteiger partial charge in [-0.05, 0) is 69.6 Å². The molecule has 1 nitrogen and oxygen atoms in total. The molecular weight excluding hydrogens is 386 g/mol. The summed E-state index contributed by atoms with van der Waals surface area (Å²) in [7, 11) is 0. The minimum Gasteiger partial charge on any atom is -0.354 e. The van der Waals surface area contributed by atoms with Gasteiger partial charge in [0.15, 0.2) is 0 Å². The van der Waals surface area contributed by atoms with Crippen molar-refractivity contribution in [1.82, 2.24) is 4.90 Å². The fraction of sp³-hybridized carbons (Fsp3) is 0.677. The molecule has 0 saturated heterocycles. The van der Waals surface area contributed by atoms with Gasteiger partial charge in [-0.25, -0.2) is 0 Å². The van der Waals surface area contributed by atoms with E-state index in [4.69, 9.17) is 0 Å². The fourth-order valence-corrected chi connectivity index (χ4v) is 6.18. The van der Waals surface area contributed by atoms with Crippen LogP contribution < -0.4 is 0 Å². The molecule has 1 aliphatic rings. The van der Waals surface area contributed by atoms with Crippen LogP contribution in [0, 0.1) is 11.8 Å². The summed E-state index contributed by atoms with van der Waals surface area (Å²) in [4.78, 5) is 2.54. The summed E-state index contributed by atoms with van der Waals surface area (Å²) in [5.41, 5.74) is 3.29. The average Bonchev–Trinajstić information content (AvgIpc) is 3.35. The van der Waals surface area contributed by atoms with Crippen LogP contribution in [0.2, 0.25) is 0 Å². The molecule has 1 aromatic carbocycles. The Morgan fingerprint density at radius 1 is 1.00 bits per heavy atom. The molecule has 180 valence electrons. The summed E-state index contributed by atoms with van der Waals surface area (Å²) in [5.74, 6) is 1.54. The molecule has 0 aromatic heterocycles. The third-order valence-electron chi connectivity index (χ3n) is 7.90. The van der Waals surface area contributed by atoms with Crippen LogP contribution in [0.15, 0.2) is 54.4 Å². The van der Waals surface area contributed by atoms with Crippen molar-refractivity contribution >= 4 is 0 Å². The summed E-state index contributed by atoms with van der Waals surface area (Å²) < 4.78 is 0. The maximum Gasteiger partial charge on any atom is 0.0321 e. The minimum absolute atomic E-state index is 0.226. The normalized spacial score (nSPS) is 18.2. The third kappa shape index (κ3) is 7.26. The molecule has 0 spiro atoms. The van der Waals surface area contributed by atoms with Crippen LogP contribution in [0.3, 0.4) is 0 Å². The third-order valence-corrected chi connectivity index (χ3v) is 7.90. The lowest BCUT2D eigenvalue weighted by Crippen LogP contribution is -2.48. The molecule has 0 heterocycles. The van der Waals surface area contributed by atoms with E-state index < -0.39 is 0 Å². The lowest BCUT2D eigenvalue weighted by Gasteiger charge is -2.48. The van der Waals surface area contributed by atoms with E-state index in [0.29, 0.717) is 0 Å². The molecule has 0 amide bonds. The summed E-state index contributed by atoms with van der Waals surface area (Å²) >= 11 is 0. The van der Waals surface area contributed by atoms with Crippen molar-refractivity contribution in [1.29, 1.82) is 0 Å². The van der Waals surface area contributed by atoms with Gasteiger partial charge in [-0.1, -0.05) is 108 Å². The Kier molecular flexibility index (Phi) is 12.2. The Hall–Kier alpha value is -1.50. The maximum atomic E-state index is 2.54. The molecule has 2 rings (SSSR count). The van der Waals surface area contributed by atoms with Crippen LogP contribution in [0.5, 0.6) is 0 Å². The highest BCUT2D eigenvalue weighted by atomic mass is 15.1. The molecule has 1 heteroatoms. The second-order valence-electron chi connectivity index (χ2n) is 10.2. The van der Waals surface area contributed by atoms with Gasteiger partial charge in [0.1, 0.15) is 0 Å². The first kappa shape index (κ1) is 26.7. The molecular formula is C31H51N. The zero-order valence-electron chi connectivity index (χ0n) is 21.9. The second-order valence-corrected chi connectivity index (χ2v) is 10.2. The number of hydrogen-bond acceptors (Lipinski definition) is 1. The predicted molar refractivity (Wildman–Crippen MR) is 143 cm³/mol. The van der Waals surface area contributed by atoms with Gasteiger partial charge in [-0.3, -0.25) is 0 Å². The number of benzene rings is 1. The molecule has 1 fully saturated rings. The van der Waals surface area contributed by atoms with Gasteiger partial charge < -0.3 is 4.90 Å². The summed E-state index contributed by atoms with van der Waals surface area (Å²) in [6.07, 6.45) is 23.2. The first-order valence-corrected chi connectivity index (χ1v) is 13.7. The fourth-order valence-electron chi connectivity index (χ4n) is 6.18. The highest BCUT2D eigenvalue weighted by Gasteiger charge is 2.47. The zero-order chi connectivity index (χ0) is 23.2. The van der Waals surface area contributed by atoms with E-state index in [0.717, 1.165) is 24.8 Å². The second kappa shape index (κ2) is 14.6. The molecule has 1 aromatic rings. The van der Waals surface area contributed by atoms with E-state index in [-0.39, 0.29) is 5.41 Å². The van der Waals surface area contributed by atoms with Gasteiger partial charge in [-0.15, -0.1) is 0 Å². The highest BCUT2D eigenvalue weighted by molar-refractivity contribution is 5.30. The number of rotatable bonds is 15. The Labute approximate surface area is 200 Å². The van der Waals surface area contributed by atoms with Crippen molar-refractivity contribution < 1.29 is 0 Å². The molecule has 0 aliphatic heterocycles. The Balaban J connectivity index is 2.56. The van der Waals surface area contributed by atoms with Gasteiger partial charge in [0, 0.05) is 18.2 Å². The van der Waals surface area contributed by atoms with E-state index in [1.807, 2.05) is 0 Å². The van der Waals surface area contributed by atoms with Crippen LogP contribution in [-0.4, -0.2) is 11.4 Å². The van der Waals surface area contributed by atoms with Crippen LogP contribution in [0.1, 0.15) is 117 Å². The monoisotopic (exact) mass is 437 g/mol. The zero-order valence-corrected chi connectivity index (χ0v) is 21.9. The van der Waals surface area contributed by atoms with Crippen LogP contribution in [-0.2, 0) is 5.41 Å². The Morgan fingerprint density at radius 3 is 2.31 bits per heavy atom. The molecule has 0 bridgehead atoms. The topological polar surface area (TPSA) is 3.24 Å². The van der Waals surface area contributed by atoms with Crippen molar-refractivity contribution in [2.45, 2.75) is 117 Å². The van der Waals surface area contributed by atoms with Crippen molar-refractivity contribution in [2.75, 3.05) is 6.54 Å². The Morgan fingerprint density at radius 2 is 1.72 bits per heavy atom. The number of unbranched alkanes of at least 4 members (excludes halogenated alkanes) is 3. The van der Waals surface area contributed by atoms with Gasteiger partial charge in [0.05, 0.1) is 0 Å². The van der Waals surface area contributed by atoms with E-state index >= 15 is 0 Å². The molecule has 0 radical (unpaired) electrons. The minimum atomic E-state index is 0.226. The smallest absolute Gasteiger partial charge is 0.0321 e. The molecule has 0 N–H and O–H groups in total. The average molecular weight is 438 g/mol. The lowest BCUT2D eigenvalue weighted by atomic mass is 9.59. The van der Waals surface area contributed by atoms with Gasteiger partial charge >= 0.3 is 0 Å². The van der Waals surface area contributed by atoms with Crippen LogP contribution >= 0.6 is 0 Å². The van der Waals surface area contributed by atoms with Crippen molar-refractivity contribution in [3.63, 3.8) is 0 Å². The number of hydrogen-bond donors (Lipinski definition) is 0. The molecule has 1 unspecified atom stereocenters. The standard InChI is InChI=1S/C31H51N/c1-6-10-11-13-19-28(18-7-2)31(30-22-16-17-23-30,29-20-14-12-15-21-29)26-32(24-8-3)25-27(5)9-4/h8,12,14-15,20-21,24-25,28,30H,6-7,9-11,13,16-19,22-23,26H2,1-5H3/b24-8-,27-25-/t28-,31?/m0/s1. The van der Waals surface area contributed by atoms with Crippen molar-refractivity contribution in [3.05, 3.63) is 59.9 Å². The molecule has 2 atom stereocenters. The largest absolute Gasteiger partial charge is 0.354 e. The van der Waals surface area contributed by atoms with Crippen LogP contribution in [0.25, 0.3) is 0 Å². The maximum absolute atomic E-state index is 2.54. The van der Waals surface area contributed by atoms with Crippen molar-refractivity contribution in [2.24, 2.45) is 11.8 Å². The van der Waals surface area contributed by atoms with Crippen LogP contribution in [0.4, 0.5) is 0 Å². The van der Waals surface area contributed by atoms with E-state index in [2.05, 4.69) is 88.3 Å². The first-order valence-electron chi connectivity index (χ1n) is 13.7. The van der Waals surface area contributed by atoms with Gasteiger partial charge in [0.2, 0.25) is 0 Å². The molecule has 1 aliphatic carbocycles. The van der Waals surface area contributed by atoms with E-state index in [9.17, 15) is 0 Å². The van der Waals surface area contributed by atoms with Gasteiger partial charge in [0.25, 0.3) is 0 Å². The van der Waals surface area contributed by atoms with E-state index in [1.54, 1.807) is 5.56 Å². The summed E-state index contributed by atoms with van der Waals surface area (Å²) in [6.45, 7) is 12.6. The first-order chi connectivity index (χ1) is 15.6. The van der Waals surface area contributed by atoms with Crippen molar-refractivity contribution in [3.8, 4) is 0 Å². The number of allylic oxidation sites excluding steroid dienone is 2. The number of nitrogens with zero attached hydrogens (tertiary/aromatic N) is 1. The Bertz CT molecular complexity index is 667. The lowest BCUT2D eigenvalue weighted by molar-refractivity contribution is 0.118. The highest BCUT2D eigenvalue weighted by Crippen LogP contribution is 2.51. The predicted octanol–water partition coefficient (Wildman–Crippen LogP) is 9.65. The molecule has 1 saturated carbocycles. The summed E-state index contributed by atoms with van der Waals surface area (Å²) in [6, 6.07) is 11.7. The summed E-state index contributed by atoms with van der Waals surface area (Å²) in [5, 5.41) is 0. The molecule has 32 heavy (non-hydrogen) atoms. The quantitative estimate of drug-likeness (QED) is 0.247.